The molecule has 5 heteroatoms. The number of hydrogen-bond donors (Lipinski definition) is 1. The van der Waals surface area contributed by atoms with Crippen LogP contribution in [0.4, 0.5) is 10.2 Å². The van der Waals surface area contributed by atoms with E-state index in [4.69, 9.17) is 0 Å². The topological polar surface area (TPSA) is 50.2 Å². The smallest absolute Gasteiger partial charge is 0.165 e. The second-order valence-corrected chi connectivity index (χ2v) is 4.17. The minimum absolute atomic E-state index is 0.268. The van der Waals surface area contributed by atoms with Crippen molar-refractivity contribution in [2.75, 3.05) is 5.43 Å². The first kappa shape index (κ1) is 12.2. The SMILES string of the molecule is Fc1ccc(/C=N/Nc2cnc3ccccc3n2)cc1. The van der Waals surface area contributed by atoms with Crippen molar-refractivity contribution < 1.29 is 4.39 Å². The highest BCUT2D eigenvalue weighted by Crippen LogP contribution is 2.11. The second-order valence-electron chi connectivity index (χ2n) is 4.17. The van der Waals surface area contributed by atoms with Gasteiger partial charge in [0.15, 0.2) is 5.82 Å². The van der Waals surface area contributed by atoms with Gasteiger partial charge in [-0.3, -0.25) is 10.4 Å². The molecule has 98 valence electrons. The summed E-state index contributed by atoms with van der Waals surface area (Å²) in [7, 11) is 0. The quantitative estimate of drug-likeness (QED) is 0.585. The van der Waals surface area contributed by atoms with Gasteiger partial charge in [0.2, 0.25) is 0 Å². The Labute approximate surface area is 115 Å². The third-order valence-corrected chi connectivity index (χ3v) is 2.71. The summed E-state index contributed by atoms with van der Waals surface area (Å²) in [6, 6.07) is 13.7. The molecule has 3 rings (SSSR count). The fraction of sp³-hybridized carbons (Fsp3) is 0. The van der Waals surface area contributed by atoms with Gasteiger partial charge in [0, 0.05) is 0 Å². The van der Waals surface area contributed by atoms with Gasteiger partial charge in [-0.25, -0.2) is 9.37 Å². The van der Waals surface area contributed by atoms with Crippen LogP contribution in [0.2, 0.25) is 0 Å². The monoisotopic (exact) mass is 266 g/mol. The summed E-state index contributed by atoms with van der Waals surface area (Å²) in [5.74, 6) is 0.289. The predicted molar refractivity (Wildman–Crippen MR) is 77.2 cm³/mol. The number of benzene rings is 2. The van der Waals surface area contributed by atoms with E-state index in [1.54, 1.807) is 24.5 Å². The largest absolute Gasteiger partial charge is 0.260 e. The molecule has 0 spiro atoms. The summed E-state index contributed by atoms with van der Waals surface area (Å²) in [6.07, 6.45) is 3.21. The molecule has 0 fully saturated rings. The molecule has 20 heavy (non-hydrogen) atoms. The molecule has 0 amide bonds. The van der Waals surface area contributed by atoms with Crippen molar-refractivity contribution in [1.82, 2.24) is 9.97 Å². The number of nitrogens with one attached hydrogen (secondary N) is 1. The maximum absolute atomic E-state index is 12.7. The van der Waals surface area contributed by atoms with Crippen molar-refractivity contribution in [3.05, 3.63) is 66.1 Å². The molecule has 1 N–H and O–H groups in total. The molecule has 0 radical (unpaired) electrons. The lowest BCUT2D eigenvalue weighted by atomic mass is 10.2. The maximum Gasteiger partial charge on any atom is 0.165 e. The summed E-state index contributed by atoms with van der Waals surface area (Å²) in [5.41, 5.74) is 5.24. The van der Waals surface area contributed by atoms with Crippen molar-refractivity contribution in [2.24, 2.45) is 5.10 Å². The Balaban J connectivity index is 1.74. The Morgan fingerprint density at radius 2 is 1.75 bits per heavy atom. The number of hydrogen-bond acceptors (Lipinski definition) is 4. The summed E-state index contributed by atoms with van der Waals surface area (Å²) in [5, 5.41) is 4.05. The fourth-order valence-corrected chi connectivity index (χ4v) is 1.73. The average Bonchev–Trinajstić information content (AvgIpc) is 2.49. The van der Waals surface area contributed by atoms with Gasteiger partial charge >= 0.3 is 0 Å². The first-order valence-corrected chi connectivity index (χ1v) is 6.08. The van der Waals surface area contributed by atoms with E-state index in [1.807, 2.05) is 24.3 Å². The first-order chi connectivity index (χ1) is 9.81. The highest BCUT2D eigenvalue weighted by atomic mass is 19.1. The van der Waals surface area contributed by atoms with E-state index in [9.17, 15) is 4.39 Å². The molecule has 1 aromatic heterocycles. The van der Waals surface area contributed by atoms with Crippen LogP contribution in [0, 0.1) is 5.82 Å². The van der Waals surface area contributed by atoms with Crippen molar-refractivity contribution >= 4 is 23.1 Å². The first-order valence-electron chi connectivity index (χ1n) is 6.08. The zero-order valence-electron chi connectivity index (χ0n) is 10.5. The van der Waals surface area contributed by atoms with Crippen molar-refractivity contribution in [3.8, 4) is 0 Å². The van der Waals surface area contributed by atoms with Gasteiger partial charge in [-0.15, -0.1) is 0 Å². The molecule has 0 saturated heterocycles. The number of fused-ring (bicyclic) bond motifs is 1. The Hall–Kier alpha value is -2.82. The molecule has 0 aliphatic heterocycles. The number of rotatable bonds is 3. The van der Waals surface area contributed by atoms with Crippen LogP contribution < -0.4 is 5.43 Å². The number of para-hydroxylation sites is 2. The molecule has 0 unspecified atom stereocenters. The molecule has 4 nitrogen and oxygen atoms in total. The zero-order chi connectivity index (χ0) is 13.8. The summed E-state index contributed by atoms with van der Waals surface area (Å²) in [6.45, 7) is 0. The van der Waals surface area contributed by atoms with Crippen molar-refractivity contribution in [2.45, 2.75) is 0 Å². The van der Waals surface area contributed by atoms with Gasteiger partial charge in [-0.05, 0) is 29.8 Å². The van der Waals surface area contributed by atoms with E-state index in [1.165, 1.54) is 12.1 Å². The molecular weight excluding hydrogens is 255 g/mol. The van der Waals surface area contributed by atoms with Gasteiger partial charge in [0.1, 0.15) is 5.82 Å². The van der Waals surface area contributed by atoms with Crippen LogP contribution in [0.25, 0.3) is 11.0 Å². The van der Waals surface area contributed by atoms with E-state index in [0.717, 1.165) is 16.6 Å². The van der Waals surface area contributed by atoms with E-state index in [-0.39, 0.29) is 5.82 Å². The fourth-order valence-electron chi connectivity index (χ4n) is 1.73. The number of halogens is 1. The van der Waals surface area contributed by atoms with Gasteiger partial charge < -0.3 is 0 Å². The summed E-state index contributed by atoms with van der Waals surface area (Å²) in [4.78, 5) is 8.64. The maximum atomic E-state index is 12.7. The van der Waals surface area contributed by atoms with E-state index >= 15 is 0 Å². The highest BCUT2D eigenvalue weighted by Gasteiger charge is 1.97. The normalized spacial score (nSPS) is 11.1. The molecule has 0 aliphatic carbocycles. The molecule has 3 aromatic rings. The second kappa shape index (κ2) is 5.44. The number of anilines is 1. The molecule has 0 aliphatic rings. The van der Waals surface area contributed by atoms with E-state index in [2.05, 4.69) is 20.5 Å². The molecule has 2 aromatic carbocycles. The minimum Gasteiger partial charge on any atom is -0.260 e. The number of aromatic nitrogens is 2. The van der Waals surface area contributed by atoms with Crippen LogP contribution in [-0.4, -0.2) is 16.2 Å². The van der Waals surface area contributed by atoms with Crippen molar-refractivity contribution in [1.29, 1.82) is 0 Å². The van der Waals surface area contributed by atoms with E-state index < -0.39 is 0 Å². The molecule has 1 heterocycles. The number of hydrazone groups is 1. The standard InChI is InChI=1S/C15H11FN4/c16-12-7-5-11(6-8-12)9-18-20-15-10-17-13-3-1-2-4-14(13)19-15/h1-10H,(H,19,20)/b18-9+. The highest BCUT2D eigenvalue weighted by molar-refractivity contribution is 5.80. The molecule has 0 bridgehead atoms. The molecule has 0 saturated carbocycles. The van der Waals surface area contributed by atoms with Crippen LogP contribution in [0.3, 0.4) is 0 Å². The van der Waals surface area contributed by atoms with Crippen molar-refractivity contribution in [3.63, 3.8) is 0 Å². The van der Waals surface area contributed by atoms with Gasteiger partial charge in [0.25, 0.3) is 0 Å². The zero-order valence-corrected chi connectivity index (χ0v) is 10.5. The molecule has 0 atom stereocenters. The lowest BCUT2D eigenvalue weighted by Gasteiger charge is -2.00. The predicted octanol–water partition coefficient (Wildman–Crippen LogP) is 3.21. The van der Waals surface area contributed by atoms with Crippen LogP contribution in [0.1, 0.15) is 5.56 Å². The Bertz CT molecular complexity index is 753. The summed E-state index contributed by atoms with van der Waals surface area (Å²) < 4.78 is 12.7. The Kier molecular flexibility index (Phi) is 3.33. The van der Waals surface area contributed by atoms with Gasteiger partial charge in [-0.1, -0.05) is 24.3 Å². The average molecular weight is 266 g/mol. The van der Waals surface area contributed by atoms with Gasteiger partial charge in [0.05, 0.1) is 23.4 Å². The summed E-state index contributed by atoms with van der Waals surface area (Å²) >= 11 is 0. The van der Waals surface area contributed by atoms with Crippen LogP contribution in [-0.2, 0) is 0 Å². The van der Waals surface area contributed by atoms with Crippen LogP contribution in [0.5, 0.6) is 0 Å². The molecular formula is C15H11FN4. The lowest BCUT2D eigenvalue weighted by molar-refractivity contribution is 0.628. The third kappa shape index (κ3) is 2.77. The van der Waals surface area contributed by atoms with Gasteiger partial charge in [-0.2, -0.15) is 5.10 Å². The van der Waals surface area contributed by atoms with Crippen LogP contribution in [0.15, 0.2) is 59.8 Å². The Morgan fingerprint density at radius 1 is 1.00 bits per heavy atom. The van der Waals surface area contributed by atoms with E-state index in [0.29, 0.717) is 5.82 Å². The number of nitrogens with zero attached hydrogens (tertiary/aromatic N) is 3. The third-order valence-electron chi connectivity index (χ3n) is 2.71. The van der Waals surface area contributed by atoms with Crippen LogP contribution >= 0.6 is 0 Å². The minimum atomic E-state index is -0.268. The Morgan fingerprint density at radius 3 is 2.55 bits per heavy atom. The lowest BCUT2D eigenvalue weighted by Crippen LogP contribution is -1.95.